The summed E-state index contributed by atoms with van der Waals surface area (Å²) in [5.41, 5.74) is 7.77. The average molecular weight is 237 g/mol. The molecule has 1 fully saturated rings. The predicted octanol–water partition coefficient (Wildman–Crippen LogP) is 4.27. The van der Waals surface area contributed by atoms with E-state index in [9.17, 15) is 0 Å². The van der Waals surface area contributed by atoms with E-state index in [-0.39, 0.29) is 6.04 Å². The number of hydrogen-bond donors (Lipinski definition) is 1. The molecule has 3 atom stereocenters. The Morgan fingerprint density at radius 1 is 1.50 bits per heavy atom. The van der Waals surface area contributed by atoms with Crippen LogP contribution < -0.4 is 5.73 Å². The van der Waals surface area contributed by atoms with Crippen molar-refractivity contribution in [3.63, 3.8) is 0 Å². The molecule has 0 aliphatic heterocycles. The Kier molecular flexibility index (Phi) is 4.04. The van der Waals surface area contributed by atoms with Crippen LogP contribution in [0.1, 0.15) is 55.5 Å². The molecule has 90 valence electrons. The van der Waals surface area contributed by atoms with Gasteiger partial charge in [0.1, 0.15) is 0 Å². The fourth-order valence-corrected chi connectivity index (χ4v) is 3.69. The van der Waals surface area contributed by atoms with E-state index in [1.807, 2.05) is 11.3 Å². The molecule has 0 aromatic carbocycles. The number of thiophene rings is 1. The van der Waals surface area contributed by atoms with Crippen LogP contribution in [0.4, 0.5) is 0 Å². The van der Waals surface area contributed by atoms with Gasteiger partial charge in [0.05, 0.1) is 0 Å². The fourth-order valence-electron chi connectivity index (χ4n) is 2.94. The van der Waals surface area contributed by atoms with E-state index >= 15 is 0 Å². The first-order valence-corrected chi connectivity index (χ1v) is 7.39. The summed E-state index contributed by atoms with van der Waals surface area (Å²) in [5, 5.41) is 2.25. The molecule has 3 unspecified atom stereocenters. The van der Waals surface area contributed by atoms with Gasteiger partial charge in [-0.05, 0) is 48.6 Å². The third-order valence-electron chi connectivity index (χ3n) is 4.04. The van der Waals surface area contributed by atoms with E-state index in [4.69, 9.17) is 5.73 Å². The lowest BCUT2D eigenvalue weighted by atomic mass is 9.76. The highest BCUT2D eigenvalue weighted by molar-refractivity contribution is 7.10. The molecule has 1 aromatic heterocycles. The lowest BCUT2D eigenvalue weighted by Gasteiger charge is -2.32. The molecule has 0 radical (unpaired) electrons. The van der Waals surface area contributed by atoms with Crippen LogP contribution in [-0.2, 0) is 0 Å². The van der Waals surface area contributed by atoms with E-state index in [0.717, 1.165) is 5.92 Å². The van der Waals surface area contributed by atoms with Crippen LogP contribution in [0.25, 0.3) is 0 Å². The van der Waals surface area contributed by atoms with Crippen LogP contribution >= 0.6 is 11.3 Å². The van der Waals surface area contributed by atoms with E-state index < -0.39 is 0 Å². The zero-order chi connectivity index (χ0) is 11.5. The number of aryl methyl sites for hydroxylation is 1. The molecule has 0 amide bonds. The van der Waals surface area contributed by atoms with Gasteiger partial charge in [0.25, 0.3) is 0 Å². The highest BCUT2D eigenvalue weighted by Gasteiger charge is 2.26. The Balaban J connectivity index is 2.01. The predicted molar refractivity (Wildman–Crippen MR) is 71.7 cm³/mol. The summed E-state index contributed by atoms with van der Waals surface area (Å²) in [6.07, 6.45) is 6.79. The molecule has 2 rings (SSSR count). The van der Waals surface area contributed by atoms with Crippen molar-refractivity contribution in [2.24, 2.45) is 17.6 Å². The van der Waals surface area contributed by atoms with E-state index in [1.165, 1.54) is 42.5 Å². The Hall–Kier alpha value is -0.340. The summed E-state index contributed by atoms with van der Waals surface area (Å²) in [6, 6.07) is 2.55. The van der Waals surface area contributed by atoms with Gasteiger partial charge in [-0.2, -0.15) is 0 Å². The summed E-state index contributed by atoms with van der Waals surface area (Å²) in [6.45, 7) is 4.48. The van der Waals surface area contributed by atoms with E-state index in [1.54, 1.807) is 0 Å². The van der Waals surface area contributed by atoms with Gasteiger partial charge >= 0.3 is 0 Å². The van der Waals surface area contributed by atoms with Crippen LogP contribution in [0, 0.1) is 18.8 Å². The Morgan fingerprint density at radius 3 is 2.94 bits per heavy atom. The smallest absolute Gasteiger partial charge is 0.0332 e. The molecule has 1 aliphatic rings. The second-order valence-electron chi connectivity index (χ2n) is 5.22. The largest absolute Gasteiger partial charge is 0.324 e. The second kappa shape index (κ2) is 5.33. The first-order valence-electron chi connectivity index (χ1n) is 6.51. The summed E-state index contributed by atoms with van der Waals surface area (Å²) >= 11 is 1.82. The molecule has 0 saturated heterocycles. The van der Waals surface area contributed by atoms with Gasteiger partial charge < -0.3 is 5.73 Å². The SMILES string of the molecule is CCC1CCCC(C(N)c2csc(C)c2)C1. The first-order chi connectivity index (χ1) is 7.70. The number of nitrogens with two attached hydrogens (primary N) is 1. The zero-order valence-electron chi connectivity index (χ0n) is 10.4. The van der Waals surface area contributed by atoms with E-state index in [0.29, 0.717) is 5.92 Å². The normalized spacial score (nSPS) is 27.9. The first kappa shape index (κ1) is 12.1. The van der Waals surface area contributed by atoms with Crippen molar-refractivity contribution in [3.8, 4) is 0 Å². The molecule has 1 aliphatic carbocycles. The summed E-state index contributed by atoms with van der Waals surface area (Å²) in [7, 11) is 0. The molecule has 1 aromatic rings. The van der Waals surface area contributed by atoms with Crippen molar-refractivity contribution in [2.75, 3.05) is 0 Å². The number of rotatable bonds is 3. The van der Waals surface area contributed by atoms with Gasteiger partial charge in [-0.1, -0.05) is 26.2 Å². The average Bonchev–Trinajstić information content (AvgIpc) is 2.75. The second-order valence-corrected chi connectivity index (χ2v) is 6.33. The van der Waals surface area contributed by atoms with Gasteiger partial charge in [-0.3, -0.25) is 0 Å². The maximum Gasteiger partial charge on any atom is 0.0332 e. The molecule has 2 N–H and O–H groups in total. The van der Waals surface area contributed by atoms with Gasteiger partial charge in [-0.15, -0.1) is 11.3 Å². The van der Waals surface area contributed by atoms with Gasteiger partial charge in [0.15, 0.2) is 0 Å². The van der Waals surface area contributed by atoms with Crippen molar-refractivity contribution in [3.05, 3.63) is 21.9 Å². The summed E-state index contributed by atoms with van der Waals surface area (Å²) in [5.74, 6) is 1.64. The molecule has 1 nitrogen and oxygen atoms in total. The maximum absolute atomic E-state index is 6.41. The van der Waals surface area contributed by atoms with Crippen LogP contribution in [0.15, 0.2) is 11.4 Å². The minimum Gasteiger partial charge on any atom is -0.324 e. The molecule has 1 heterocycles. The number of hydrogen-bond acceptors (Lipinski definition) is 2. The van der Waals surface area contributed by atoms with Crippen LogP contribution in [0.2, 0.25) is 0 Å². The molecular weight excluding hydrogens is 214 g/mol. The van der Waals surface area contributed by atoms with Crippen molar-refractivity contribution in [1.29, 1.82) is 0 Å². The molecular formula is C14H23NS. The fraction of sp³-hybridized carbons (Fsp3) is 0.714. The maximum atomic E-state index is 6.41. The Labute approximate surface area is 103 Å². The van der Waals surface area contributed by atoms with Crippen molar-refractivity contribution >= 4 is 11.3 Å². The lowest BCUT2D eigenvalue weighted by Crippen LogP contribution is -2.26. The lowest BCUT2D eigenvalue weighted by molar-refractivity contribution is 0.230. The van der Waals surface area contributed by atoms with Crippen molar-refractivity contribution in [1.82, 2.24) is 0 Å². The van der Waals surface area contributed by atoms with E-state index in [2.05, 4.69) is 25.3 Å². The molecule has 0 bridgehead atoms. The highest BCUT2D eigenvalue weighted by Crippen LogP contribution is 2.38. The van der Waals surface area contributed by atoms with Gasteiger partial charge in [-0.25, -0.2) is 0 Å². The van der Waals surface area contributed by atoms with Crippen LogP contribution in [0.5, 0.6) is 0 Å². The van der Waals surface area contributed by atoms with Crippen LogP contribution in [0.3, 0.4) is 0 Å². The van der Waals surface area contributed by atoms with Crippen LogP contribution in [-0.4, -0.2) is 0 Å². The third kappa shape index (κ3) is 2.67. The van der Waals surface area contributed by atoms with Gasteiger partial charge in [0.2, 0.25) is 0 Å². The molecule has 16 heavy (non-hydrogen) atoms. The Morgan fingerprint density at radius 2 is 2.31 bits per heavy atom. The van der Waals surface area contributed by atoms with Crippen molar-refractivity contribution < 1.29 is 0 Å². The van der Waals surface area contributed by atoms with Gasteiger partial charge in [0, 0.05) is 10.9 Å². The monoisotopic (exact) mass is 237 g/mol. The summed E-state index contributed by atoms with van der Waals surface area (Å²) in [4.78, 5) is 1.38. The zero-order valence-corrected chi connectivity index (χ0v) is 11.2. The summed E-state index contributed by atoms with van der Waals surface area (Å²) < 4.78 is 0. The van der Waals surface area contributed by atoms with Crippen molar-refractivity contribution in [2.45, 2.75) is 52.0 Å². The molecule has 1 saturated carbocycles. The topological polar surface area (TPSA) is 26.0 Å². The highest BCUT2D eigenvalue weighted by atomic mass is 32.1. The minimum absolute atomic E-state index is 0.277. The minimum atomic E-state index is 0.277. The molecule has 0 spiro atoms. The molecule has 2 heteroatoms. The third-order valence-corrected chi connectivity index (χ3v) is 4.92. The quantitative estimate of drug-likeness (QED) is 0.834. The Bertz CT molecular complexity index is 331. The standard InChI is InChI=1S/C14H23NS/c1-3-11-5-4-6-12(8-11)14(15)13-7-10(2)16-9-13/h7,9,11-12,14H,3-6,8,15H2,1-2H3.